The zero-order valence-corrected chi connectivity index (χ0v) is 10.8. The third kappa shape index (κ3) is 3.60. The van der Waals surface area contributed by atoms with Crippen molar-refractivity contribution >= 4 is 57.8 Å². The number of thiophene rings is 1. The van der Waals surface area contributed by atoms with Gasteiger partial charge in [0.15, 0.2) is 0 Å². The molecule has 0 bridgehead atoms. The first kappa shape index (κ1) is 13.2. The van der Waals surface area contributed by atoms with Crippen LogP contribution in [0.15, 0.2) is 17.0 Å². The van der Waals surface area contributed by atoms with Crippen LogP contribution in [-0.2, 0) is 4.79 Å². The number of amides is 1. The molecule has 0 aliphatic carbocycles. The quantitative estimate of drug-likeness (QED) is 0.437. The lowest BCUT2D eigenvalue weighted by atomic mass is 10.4. The Bertz CT molecular complexity index is 415. The molecule has 0 saturated heterocycles. The molecular weight excluding hydrogens is 264 g/mol. The third-order valence-corrected chi connectivity index (χ3v) is 3.44. The van der Waals surface area contributed by atoms with Crippen LogP contribution >= 0.6 is 35.3 Å². The number of carbonyl (C=O) groups is 1. The van der Waals surface area contributed by atoms with Crippen LogP contribution in [-0.4, -0.2) is 22.9 Å². The SMILES string of the molecule is CS/C(=C/c1ccc(NO)s1)C(=O)NC=S. The molecule has 16 heavy (non-hydrogen) atoms. The Morgan fingerprint density at radius 3 is 2.88 bits per heavy atom. The zero-order chi connectivity index (χ0) is 12.0. The summed E-state index contributed by atoms with van der Waals surface area (Å²) < 4.78 is 0. The van der Waals surface area contributed by atoms with Crippen LogP contribution in [0, 0.1) is 0 Å². The lowest BCUT2D eigenvalue weighted by molar-refractivity contribution is -0.115. The van der Waals surface area contributed by atoms with E-state index in [0.29, 0.717) is 9.91 Å². The fourth-order valence-electron chi connectivity index (χ4n) is 0.962. The van der Waals surface area contributed by atoms with Gasteiger partial charge in [-0.1, -0.05) is 12.2 Å². The molecule has 0 unspecified atom stereocenters. The molecule has 0 aliphatic heterocycles. The van der Waals surface area contributed by atoms with Crippen LogP contribution in [0.4, 0.5) is 5.00 Å². The molecule has 0 radical (unpaired) electrons. The Kier molecular flexibility index (Phi) is 5.47. The van der Waals surface area contributed by atoms with Crippen molar-refractivity contribution in [1.82, 2.24) is 5.32 Å². The van der Waals surface area contributed by atoms with Crippen molar-refractivity contribution < 1.29 is 10.0 Å². The molecule has 1 rings (SSSR count). The third-order valence-electron chi connectivity index (χ3n) is 1.64. The highest BCUT2D eigenvalue weighted by atomic mass is 32.2. The Morgan fingerprint density at radius 1 is 1.62 bits per heavy atom. The number of thioether (sulfide) groups is 1. The largest absolute Gasteiger partial charge is 0.319 e. The van der Waals surface area contributed by atoms with Crippen molar-refractivity contribution in [1.29, 1.82) is 0 Å². The van der Waals surface area contributed by atoms with Gasteiger partial charge in [-0.2, -0.15) is 0 Å². The molecular formula is C9H10N2O2S3. The van der Waals surface area contributed by atoms with E-state index in [9.17, 15) is 4.79 Å². The van der Waals surface area contributed by atoms with Gasteiger partial charge in [0.25, 0.3) is 5.91 Å². The van der Waals surface area contributed by atoms with Crippen molar-refractivity contribution in [3.63, 3.8) is 0 Å². The molecule has 0 fully saturated rings. The lowest BCUT2D eigenvalue weighted by Gasteiger charge is -2.00. The number of anilines is 1. The van der Waals surface area contributed by atoms with Crippen LogP contribution in [0.1, 0.15) is 4.88 Å². The Morgan fingerprint density at radius 2 is 2.38 bits per heavy atom. The summed E-state index contributed by atoms with van der Waals surface area (Å²) in [5, 5.41) is 11.7. The summed E-state index contributed by atoms with van der Waals surface area (Å²) in [4.78, 5) is 12.9. The summed E-state index contributed by atoms with van der Waals surface area (Å²) >= 11 is 7.23. The van der Waals surface area contributed by atoms with Crippen LogP contribution in [0.5, 0.6) is 0 Å². The van der Waals surface area contributed by atoms with Crippen LogP contribution in [0.2, 0.25) is 0 Å². The molecule has 0 aromatic carbocycles. The smallest absolute Gasteiger partial charge is 0.262 e. The monoisotopic (exact) mass is 274 g/mol. The second-order valence-electron chi connectivity index (χ2n) is 2.62. The van der Waals surface area contributed by atoms with E-state index in [0.717, 1.165) is 4.88 Å². The molecule has 4 nitrogen and oxygen atoms in total. The maximum absolute atomic E-state index is 11.5. The summed E-state index contributed by atoms with van der Waals surface area (Å²) in [6.45, 7) is 0. The number of nitrogens with one attached hydrogen (secondary N) is 2. The molecule has 1 heterocycles. The minimum atomic E-state index is -0.227. The van der Waals surface area contributed by atoms with Crippen molar-refractivity contribution in [3.05, 3.63) is 21.9 Å². The number of carbonyl (C=O) groups excluding carboxylic acids is 1. The molecule has 0 aliphatic rings. The highest BCUT2D eigenvalue weighted by molar-refractivity contribution is 8.03. The van der Waals surface area contributed by atoms with Crippen molar-refractivity contribution in [3.8, 4) is 0 Å². The van der Waals surface area contributed by atoms with Crippen LogP contribution < -0.4 is 10.8 Å². The van der Waals surface area contributed by atoms with Crippen LogP contribution in [0.3, 0.4) is 0 Å². The normalized spacial score (nSPS) is 11.0. The number of thiocarbonyl (C=S) groups is 1. The fraction of sp³-hybridized carbons (Fsp3) is 0.111. The van der Waals surface area contributed by atoms with E-state index in [1.807, 2.05) is 12.3 Å². The predicted octanol–water partition coefficient (Wildman–Crippen LogP) is 2.33. The van der Waals surface area contributed by atoms with Crippen molar-refractivity contribution in [2.45, 2.75) is 0 Å². The van der Waals surface area contributed by atoms with Gasteiger partial charge in [-0.25, -0.2) is 0 Å². The number of rotatable bonds is 5. The van der Waals surface area contributed by atoms with E-state index in [1.54, 1.807) is 12.1 Å². The van der Waals surface area contributed by atoms with E-state index >= 15 is 0 Å². The van der Waals surface area contributed by atoms with Gasteiger partial charge in [0.1, 0.15) is 5.00 Å². The van der Waals surface area contributed by atoms with Crippen molar-refractivity contribution in [2.75, 3.05) is 11.7 Å². The molecule has 7 heteroatoms. The van der Waals surface area contributed by atoms with E-state index in [-0.39, 0.29) is 5.91 Å². The predicted molar refractivity (Wildman–Crippen MR) is 73.0 cm³/mol. The Balaban J connectivity index is 2.86. The van der Waals surface area contributed by atoms with Gasteiger partial charge in [-0.15, -0.1) is 23.1 Å². The summed E-state index contributed by atoms with van der Waals surface area (Å²) in [5.74, 6) is -0.227. The average molecular weight is 274 g/mol. The standard InChI is InChI=1S/C9H10N2O2S3/c1-15-7(9(12)10-5-14)4-6-2-3-8(11-13)16-6/h2-5,11,13H,1H3,(H,10,12,14)/b7-4+. The lowest BCUT2D eigenvalue weighted by Crippen LogP contribution is -2.20. The van der Waals surface area contributed by atoms with Gasteiger partial charge in [0.2, 0.25) is 0 Å². The average Bonchev–Trinajstić information content (AvgIpc) is 2.73. The molecule has 0 atom stereocenters. The molecule has 3 N–H and O–H groups in total. The van der Waals surface area contributed by atoms with Gasteiger partial charge in [-0.05, 0) is 24.5 Å². The molecule has 86 valence electrons. The maximum atomic E-state index is 11.5. The molecule has 0 saturated carbocycles. The second-order valence-corrected chi connectivity index (χ2v) is 4.82. The van der Waals surface area contributed by atoms with Gasteiger partial charge in [0, 0.05) is 4.88 Å². The van der Waals surface area contributed by atoms with Gasteiger partial charge in [0.05, 0.1) is 10.4 Å². The van der Waals surface area contributed by atoms with Gasteiger partial charge < -0.3 is 5.32 Å². The number of hydrogen-bond acceptors (Lipinski definition) is 6. The first-order chi connectivity index (χ1) is 7.71. The maximum Gasteiger partial charge on any atom is 0.262 e. The summed E-state index contributed by atoms with van der Waals surface area (Å²) in [7, 11) is 0. The molecule has 1 amide bonds. The van der Waals surface area contributed by atoms with E-state index in [1.165, 1.54) is 28.6 Å². The van der Waals surface area contributed by atoms with Crippen LogP contribution in [0.25, 0.3) is 6.08 Å². The molecule has 0 spiro atoms. The summed E-state index contributed by atoms with van der Waals surface area (Å²) in [6.07, 6.45) is 3.55. The topological polar surface area (TPSA) is 61.4 Å². The number of hydrogen-bond donors (Lipinski definition) is 3. The second kappa shape index (κ2) is 6.64. The zero-order valence-electron chi connectivity index (χ0n) is 8.39. The van der Waals surface area contributed by atoms with Gasteiger partial charge >= 0.3 is 0 Å². The minimum Gasteiger partial charge on any atom is -0.319 e. The molecule has 1 aromatic rings. The highest BCUT2D eigenvalue weighted by Crippen LogP contribution is 2.25. The summed E-state index contributed by atoms with van der Waals surface area (Å²) in [6, 6.07) is 3.54. The van der Waals surface area contributed by atoms with Crippen molar-refractivity contribution in [2.24, 2.45) is 0 Å². The summed E-state index contributed by atoms with van der Waals surface area (Å²) in [5.41, 5.74) is 3.23. The Hall–Kier alpha value is -0.890. The van der Waals surface area contributed by atoms with Gasteiger partial charge in [-0.3, -0.25) is 15.5 Å². The fourth-order valence-corrected chi connectivity index (χ4v) is 2.38. The Labute approximate surface area is 107 Å². The highest BCUT2D eigenvalue weighted by Gasteiger charge is 2.07. The molecule has 1 aromatic heterocycles. The first-order valence-corrected chi connectivity index (χ1v) is 6.72. The first-order valence-electron chi connectivity index (χ1n) is 4.21. The van der Waals surface area contributed by atoms with E-state index in [4.69, 9.17) is 5.21 Å². The van der Waals surface area contributed by atoms with E-state index < -0.39 is 0 Å². The minimum absolute atomic E-state index is 0.227. The van der Waals surface area contributed by atoms with E-state index in [2.05, 4.69) is 23.0 Å².